The van der Waals surface area contributed by atoms with E-state index in [4.69, 9.17) is 39.6 Å². The van der Waals surface area contributed by atoms with Gasteiger partial charge in [-0.3, -0.25) is 0 Å². The van der Waals surface area contributed by atoms with Gasteiger partial charge in [0.1, 0.15) is 6.10 Å². The number of nitrogens with zero attached hydrogens (tertiary/aromatic N) is 1. The molecule has 1 aromatic carbocycles. The largest absolute Gasteiger partial charge is 0.391 e. The minimum absolute atomic E-state index is 0.0586. The molecular weight excluding hydrogens is 256 g/mol. The van der Waals surface area contributed by atoms with Crippen molar-refractivity contribution in [2.45, 2.75) is 12.5 Å². The van der Waals surface area contributed by atoms with Gasteiger partial charge in [0, 0.05) is 22.0 Å². The predicted octanol–water partition coefficient (Wildman–Crippen LogP) is 3.73. The summed E-state index contributed by atoms with van der Waals surface area (Å²) in [6.45, 7) is 0. The minimum atomic E-state index is -0.0586. The molecule has 1 aliphatic rings. The van der Waals surface area contributed by atoms with Gasteiger partial charge in [-0.25, -0.2) is 0 Å². The van der Waals surface area contributed by atoms with Crippen LogP contribution in [0.4, 0.5) is 0 Å². The zero-order valence-corrected chi connectivity index (χ0v) is 9.98. The van der Waals surface area contributed by atoms with Crippen LogP contribution in [0, 0.1) is 0 Å². The van der Waals surface area contributed by atoms with E-state index < -0.39 is 0 Å². The van der Waals surface area contributed by atoms with E-state index in [1.807, 2.05) is 0 Å². The van der Waals surface area contributed by atoms with E-state index in [-0.39, 0.29) is 6.10 Å². The smallest absolute Gasteiger partial charge is 0.146 e. The molecular formula is C10H8Cl3NO. The van der Waals surface area contributed by atoms with Crippen molar-refractivity contribution in [1.82, 2.24) is 0 Å². The van der Waals surface area contributed by atoms with Crippen molar-refractivity contribution < 1.29 is 4.84 Å². The van der Waals surface area contributed by atoms with E-state index >= 15 is 0 Å². The van der Waals surface area contributed by atoms with Crippen LogP contribution in [-0.4, -0.2) is 17.7 Å². The molecule has 2 rings (SSSR count). The van der Waals surface area contributed by atoms with Gasteiger partial charge in [-0.05, 0) is 18.2 Å². The fraction of sp³-hybridized carbons (Fsp3) is 0.300. The van der Waals surface area contributed by atoms with Gasteiger partial charge in [-0.15, -0.1) is 11.6 Å². The van der Waals surface area contributed by atoms with Crippen molar-refractivity contribution in [2.75, 3.05) is 5.88 Å². The van der Waals surface area contributed by atoms with Gasteiger partial charge in [0.05, 0.1) is 11.6 Å². The van der Waals surface area contributed by atoms with E-state index in [2.05, 4.69) is 5.16 Å². The summed E-state index contributed by atoms with van der Waals surface area (Å²) in [5.74, 6) is 0.422. The summed E-state index contributed by atoms with van der Waals surface area (Å²) < 4.78 is 0. The quantitative estimate of drug-likeness (QED) is 0.746. The highest BCUT2D eigenvalue weighted by atomic mass is 35.5. The van der Waals surface area contributed by atoms with Crippen molar-refractivity contribution in [3.63, 3.8) is 0 Å². The van der Waals surface area contributed by atoms with Crippen LogP contribution in [-0.2, 0) is 4.84 Å². The second-order valence-corrected chi connectivity index (χ2v) is 4.40. The molecule has 0 N–H and O–H groups in total. The SMILES string of the molecule is ClCC1CC(c2cc(Cl)ccc2Cl)=NO1. The fourth-order valence-electron chi connectivity index (χ4n) is 1.39. The maximum atomic E-state index is 6.04. The van der Waals surface area contributed by atoms with Crippen LogP contribution in [0.15, 0.2) is 23.4 Å². The van der Waals surface area contributed by atoms with Gasteiger partial charge in [0.15, 0.2) is 0 Å². The number of benzene rings is 1. The Labute approximate surface area is 103 Å². The van der Waals surface area contributed by atoms with E-state index in [0.717, 1.165) is 11.3 Å². The molecule has 5 heteroatoms. The lowest BCUT2D eigenvalue weighted by Gasteiger charge is -2.03. The predicted molar refractivity (Wildman–Crippen MR) is 63.2 cm³/mol. The number of hydrogen-bond acceptors (Lipinski definition) is 2. The summed E-state index contributed by atoms with van der Waals surface area (Å²) >= 11 is 17.6. The van der Waals surface area contributed by atoms with Gasteiger partial charge >= 0.3 is 0 Å². The number of halogens is 3. The molecule has 0 saturated carbocycles. The summed E-state index contributed by atoms with van der Waals surface area (Å²) in [4.78, 5) is 5.12. The molecule has 0 saturated heterocycles. The van der Waals surface area contributed by atoms with Gasteiger partial charge in [-0.1, -0.05) is 28.4 Å². The van der Waals surface area contributed by atoms with Crippen LogP contribution in [0.5, 0.6) is 0 Å². The molecule has 15 heavy (non-hydrogen) atoms. The monoisotopic (exact) mass is 263 g/mol. The first kappa shape index (κ1) is 11.1. The standard InChI is InChI=1S/C10H8Cl3NO/c11-5-7-4-10(14-15-7)8-3-6(12)1-2-9(8)13/h1-3,7H,4-5H2. The molecule has 1 unspecified atom stereocenters. The van der Waals surface area contributed by atoms with E-state index in [1.54, 1.807) is 18.2 Å². The Balaban J connectivity index is 2.27. The highest BCUT2D eigenvalue weighted by Crippen LogP contribution is 2.26. The Bertz CT molecular complexity index is 406. The van der Waals surface area contributed by atoms with Gasteiger partial charge < -0.3 is 4.84 Å². The fourth-order valence-corrected chi connectivity index (χ4v) is 1.95. The first-order chi connectivity index (χ1) is 7.20. The second kappa shape index (κ2) is 4.60. The van der Waals surface area contributed by atoms with E-state index in [9.17, 15) is 0 Å². The van der Waals surface area contributed by atoms with Crippen molar-refractivity contribution in [3.05, 3.63) is 33.8 Å². The van der Waals surface area contributed by atoms with Crippen LogP contribution in [0.1, 0.15) is 12.0 Å². The Hall–Kier alpha value is -0.440. The van der Waals surface area contributed by atoms with Gasteiger partial charge in [0.2, 0.25) is 0 Å². The number of alkyl halides is 1. The summed E-state index contributed by atoms with van der Waals surface area (Å²) in [5.41, 5.74) is 1.62. The summed E-state index contributed by atoms with van der Waals surface area (Å²) in [7, 11) is 0. The summed E-state index contributed by atoms with van der Waals surface area (Å²) in [6.07, 6.45) is 0.612. The Kier molecular flexibility index (Phi) is 3.39. The first-order valence-corrected chi connectivity index (χ1v) is 5.74. The third-order valence-corrected chi connectivity index (χ3v) is 3.05. The summed E-state index contributed by atoms with van der Waals surface area (Å²) in [6, 6.07) is 5.27. The van der Waals surface area contributed by atoms with Crippen LogP contribution in [0.2, 0.25) is 10.0 Å². The normalized spacial score (nSPS) is 19.9. The molecule has 1 heterocycles. The van der Waals surface area contributed by atoms with Crippen molar-refractivity contribution >= 4 is 40.5 Å². The third-order valence-electron chi connectivity index (χ3n) is 2.14. The molecule has 0 spiro atoms. The average molecular weight is 265 g/mol. The van der Waals surface area contributed by atoms with Crippen LogP contribution in [0.3, 0.4) is 0 Å². The van der Waals surface area contributed by atoms with E-state index in [0.29, 0.717) is 22.3 Å². The topological polar surface area (TPSA) is 21.6 Å². The number of oxime groups is 1. The third kappa shape index (κ3) is 2.39. The second-order valence-electron chi connectivity index (χ2n) is 3.25. The van der Waals surface area contributed by atoms with Crippen LogP contribution >= 0.6 is 34.8 Å². The lowest BCUT2D eigenvalue weighted by Crippen LogP contribution is -2.09. The number of hydrogen-bond donors (Lipinski definition) is 0. The molecule has 2 nitrogen and oxygen atoms in total. The lowest BCUT2D eigenvalue weighted by molar-refractivity contribution is 0.102. The Morgan fingerprint density at radius 2 is 2.20 bits per heavy atom. The van der Waals surface area contributed by atoms with Gasteiger partial charge in [-0.2, -0.15) is 0 Å². The molecule has 0 radical (unpaired) electrons. The maximum absolute atomic E-state index is 6.04. The molecule has 0 amide bonds. The molecule has 1 aromatic rings. The zero-order chi connectivity index (χ0) is 10.8. The molecule has 0 fully saturated rings. The highest BCUT2D eigenvalue weighted by molar-refractivity contribution is 6.36. The van der Waals surface area contributed by atoms with Crippen molar-refractivity contribution in [1.29, 1.82) is 0 Å². The van der Waals surface area contributed by atoms with Crippen LogP contribution in [0.25, 0.3) is 0 Å². The van der Waals surface area contributed by atoms with Gasteiger partial charge in [0.25, 0.3) is 0 Å². The lowest BCUT2D eigenvalue weighted by atomic mass is 10.1. The van der Waals surface area contributed by atoms with Crippen LogP contribution < -0.4 is 0 Å². The maximum Gasteiger partial charge on any atom is 0.146 e. The Morgan fingerprint density at radius 1 is 1.40 bits per heavy atom. The Morgan fingerprint density at radius 3 is 2.87 bits per heavy atom. The highest BCUT2D eigenvalue weighted by Gasteiger charge is 2.22. The van der Waals surface area contributed by atoms with E-state index in [1.165, 1.54) is 0 Å². The van der Waals surface area contributed by atoms with Crippen molar-refractivity contribution in [2.24, 2.45) is 5.16 Å². The summed E-state index contributed by atoms with van der Waals surface area (Å²) in [5, 5.41) is 5.20. The average Bonchev–Trinajstić information content (AvgIpc) is 2.70. The van der Waals surface area contributed by atoms with Crippen molar-refractivity contribution in [3.8, 4) is 0 Å². The number of rotatable bonds is 2. The minimum Gasteiger partial charge on any atom is -0.391 e. The molecule has 80 valence electrons. The molecule has 0 aromatic heterocycles. The molecule has 1 atom stereocenters. The first-order valence-electron chi connectivity index (χ1n) is 4.45. The molecule has 0 bridgehead atoms. The molecule has 0 aliphatic carbocycles. The zero-order valence-electron chi connectivity index (χ0n) is 7.71. The molecule has 1 aliphatic heterocycles.